The van der Waals surface area contributed by atoms with E-state index in [2.05, 4.69) is 11.6 Å². The van der Waals surface area contributed by atoms with Crippen molar-refractivity contribution in [3.63, 3.8) is 0 Å². The number of hydrogen-bond acceptors (Lipinski definition) is 4. The molecule has 0 aliphatic rings. The van der Waals surface area contributed by atoms with Gasteiger partial charge < -0.3 is 9.72 Å². The van der Waals surface area contributed by atoms with E-state index in [1.54, 1.807) is 0 Å². The largest absolute Gasteiger partial charge is 0.456 e. The summed E-state index contributed by atoms with van der Waals surface area (Å²) in [5.41, 5.74) is 0.626. The zero-order valence-electron chi connectivity index (χ0n) is 15.3. The Bertz CT molecular complexity index is 1100. The summed E-state index contributed by atoms with van der Waals surface area (Å²) in [6.07, 6.45) is 1.48. The molecule has 3 aromatic rings. The van der Waals surface area contributed by atoms with Crippen molar-refractivity contribution in [2.45, 2.75) is 33.0 Å². The number of carbonyl (C=O) groups is 1. The van der Waals surface area contributed by atoms with E-state index in [0.29, 0.717) is 5.52 Å². The Morgan fingerprint density at radius 2 is 1.96 bits per heavy atom. The number of aromatic nitrogens is 3. The molecule has 0 bridgehead atoms. The molecule has 7 nitrogen and oxygen atoms in total. The van der Waals surface area contributed by atoms with Crippen molar-refractivity contribution >= 4 is 17.0 Å². The molecule has 0 atom stereocenters. The molecule has 3 rings (SSSR count). The van der Waals surface area contributed by atoms with Crippen molar-refractivity contribution in [1.29, 1.82) is 0 Å². The molecule has 1 N–H and O–H groups in total. The first-order valence-corrected chi connectivity index (χ1v) is 8.64. The average Bonchev–Trinajstić information content (AvgIpc) is 3.09. The molecule has 0 radical (unpaired) electrons. The third kappa shape index (κ3) is 3.48. The number of ether oxygens (including phenoxy) is 1. The van der Waals surface area contributed by atoms with E-state index in [-0.39, 0.29) is 30.4 Å². The summed E-state index contributed by atoms with van der Waals surface area (Å²) in [7, 11) is 0. The quantitative estimate of drug-likeness (QED) is 0.536. The monoisotopic (exact) mass is 367 g/mol. The van der Waals surface area contributed by atoms with Gasteiger partial charge in [-0.1, -0.05) is 36.4 Å². The number of nitrogens with one attached hydrogen (secondary N) is 1. The van der Waals surface area contributed by atoms with E-state index in [1.165, 1.54) is 16.7 Å². The van der Waals surface area contributed by atoms with Gasteiger partial charge in [0.2, 0.25) is 0 Å². The second kappa shape index (κ2) is 7.49. The maximum atomic E-state index is 12.7. The lowest BCUT2D eigenvalue weighted by Crippen LogP contribution is -2.40. The lowest BCUT2D eigenvalue weighted by atomic mass is 10.2. The Morgan fingerprint density at radius 3 is 2.59 bits per heavy atom. The number of carbonyl (C=O) groups excluding carboxylic acids is 1. The van der Waals surface area contributed by atoms with Crippen molar-refractivity contribution in [3.8, 4) is 0 Å². The van der Waals surface area contributed by atoms with Crippen LogP contribution in [0.1, 0.15) is 35.9 Å². The Balaban J connectivity index is 2.03. The van der Waals surface area contributed by atoms with Crippen LogP contribution in [0.5, 0.6) is 0 Å². The molecule has 0 saturated heterocycles. The summed E-state index contributed by atoms with van der Waals surface area (Å²) in [5.74, 6) is -0.590. The van der Waals surface area contributed by atoms with Crippen LogP contribution in [0, 0.1) is 0 Å². The van der Waals surface area contributed by atoms with E-state index in [9.17, 15) is 14.4 Å². The number of aromatic amines is 1. The molecule has 0 aliphatic carbocycles. The number of fused-ring (bicyclic) bond motifs is 1. The van der Waals surface area contributed by atoms with Gasteiger partial charge in [-0.25, -0.2) is 9.59 Å². The predicted octanol–water partition coefficient (Wildman–Crippen LogP) is 2.62. The summed E-state index contributed by atoms with van der Waals surface area (Å²) in [6.45, 7) is 7.47. The summed E-state index contributed by atoms with van der Waals surface area (Å²) >= 11 is 0. The van der Waals surface area contributed by atoms with Gasteiger partial charge in [0.1, 0.15) is 17.8 Å². The SMILES string of the molecule is C=CCn1c(=O)c2[nH]c(C(=O)OCc3ccccc3)cc2n(C(C)C)c1=O. The zero-order valence-corrected chi connectivity index (χ0v) is 15.3. The molecule has 0 spiro atoms. The van der Waals surface area contributed by atoms with Crippen LogP contribution in [0.2, 0.25) is 0 Å². The maximum absolute atomic E-state index is 12.7. The van der Waals surface area contributed by atoms with E-state index < -0.39 is 17.2 Å². The lowest BCUT2D eigenvalue weighted by Gasteiger charge is -2.13. The van der Waals surface area contributed by atoms with Gasteiger partial charge in [-0.05, 0) is 25.5 Å². The second-order valence-electron chi connectivity index (χ2n) is 6.46. The minimum atomic E-state index is -0.590. The fraction of sp³-hybridized carbons (Fsp3) is 0.250. The Hall–Kier alpha value is -3.35. The van der Waals surface area contributed by atoms with Gasteiger partial charge >= 0.3 is 11.7 Å². The first-order valence-electron chi connectivity index (χ1n) is 8.64. The molecule has 0 aliphatic heterocycles. The fourth-order valence-corrected chi connectivity index (χ4v) is 2.95. The lowest BCUT2D eigenvalue weighted by molar-refractivity contribution is 0.0467. The van der Waals surface area contributed by atoms with Gasteiger partial charge in [0, 0.05) is 12.6 Å². The molecule has 2 heterocycles. The molecule has 0 saturated carbocycles. The van der Waals surface area contributed by atoms with Crippen LogP contribution in [0.25, 0.3) is 11.0 Å². The molecular formula is C20H21N3O4. The van der Waals surface area contributed by atoms with Crippen molar-refractivity contribution in [1.82, 2.24) is 14.1 Å². The Morgan fingerprint density at radius 1 is 1.26 bits per heavy atom. The van der Waals surface area contributed by atoms with E-state index in [1.807, 2.05) is 44.2 Å². The summed E-state index contributed by atoms with van der Waals surface area (Å²) in [6, 6.07) is 10.6. The van der Waals surface area contributed by atoms with Crippen LogP contribution in [-0.2, 0) is 17.9 Å². The zero-order chi connectivity index (χ0) is 19.6. The standard InChI is InChI=1S/C20H21N3O4/c1-4-10-22-18(24)17-16(23(13(2)3)20(22)26)11-15(21-17)19(25)27-12-14-8-6-5-7-9-14/h4-9,11,13,21H,1,10,12H2,2-3H3. The normalized spacial score (nSPS) is 11.1. The summed E-state index contributed by atoms with van der Waals surface area (Å²) in [4.78, 5) is 40.5. The van der Waals surface area contributed by atoms with Crippen LogP contribution in [0.15, 0.2) is 58.6 Å². The molecule has 0 fully saturated rings. The highest BCUT2D eigenvalue weighted by Crippen LogP contribution is 2.16. The van der Waals surface area contributed by atoms with Gasteiger partial charge in [0.15, 0.2) is 0 Å². The predicted molar refractivity (Wildman–Crippen MR) is 103 cm³/mol. The topological polar surface area (TPSA) is 86.1 Å². The molecular weight excluding hydrogens is 346 g/mol. The number of hydrogen-bond donors (Lipinski definition) is 1. The maximum Gasteiger partial charge on any atom is 0.355 e. The highest BCUT2D eigenvalue weighted by molar-refractivity contribution is 5.93. The van der Waals surface area contributed by atoms with Crippen molar-refractivity contribution in [2.24, 2.45) is 0 Å². The van der Waals surface area contributed by atoms with Crippen molar-refractivity contribution in [3.05, 3.63) is 81.1 Å². The molecule has 0 unspecified atom stereocenters. The minimum Gasteiger partial charge on any atom is -0.456 e. The van der Waals surface area contributed by atoms with Crippen LogP contribution < -0.4 is 11.2 Å². The first-order chi connectivity index (χ1) is 12.9. The van der Waals surface area contributed by atoms with E-state index in [0.717, 1.165) is 10.1 Å². The number of esters is 1. The first kappa shape index (κ1) is 18.4. The smallest absolute Gasteiger partial charge is 0.355 e. The molecule has 27 heavy (non-hydrogen) atoms. The third-order valence-electron chi connectivity index (χ3n) is 4.21. The molecule has 140 valence electrons. The Kier molecular flexibility index (Phi) is 5.12. The van der Waals surface area contributed by atoms with Crippen LogP contribution in [0.4, 0.5) is 0 Å². The van der Waals surface area contributed by atoms with Gasteiger partial charge in [-0.2, -0.15) is 0 Å². The number of H-pyrrole nitrogens is 1. The fourth-order valence-electron chi connectivity index (χ4n) is 2.95. The molecule has 7 heteroatoms. The molecule has 0 amide bonds. The summed E-state index contributed by atoms with van der Waals surface area (Å²) in [5, 5.41) is 0. The van der Waals surface area contributed by atoms with Gasteiger partial charge in [0.25, 0.3) is 5.56 Å². The van der Waals surface area contributed by atoms with Crippen molar-refractivity contribution < 1.29 is 9.53 Å². The number of rotatable bonds is 6. The number of nitrogens with zero attached hydrogens (tertiary/aromatic N) is 2. The summed E-state index contributed by atoms with van der Waals surface area (Å²) < 4.78 is 7.87. The Labute approximate surface area is 155 Å². The van der Waals surface area contributed by atoms with E-state index in [4.69, 9.17) is 4.74 Å². The third-order valence-corrected chi connectivity index (χ3v) is 4.21. The van der Waals surface area contributed by atoms with Gasteiger partial charge in [-0.15, -0.1) is 6.58 Å². The van der Waals surface area contributed by atoms with Crippen LogP contribution in [-0.4, -0.2) is 20.1 Å². The minimum absolute atomic E-state index is 0.0904. The average molecular weight is 367 g/mol. The highest BCUT2D eigenvalue weighted by atomic mass is 16.5. The van der Waals surface area contributed by atoms with E-state index >= 15 is 0 Å². The molecule has 2 aromatic heterocycles. The number of allylic oxidation sites excluding steroid dienone is 1. The van der Waals surface area contributed by atoms with Crippen LogP contribution in [0.3, 0.4) is 0 Å². The van der Waals surface area contributed by atoms with Gasteiger partial charge in [-0.3, -0.25) is 13.9 Å². The number of benzene rings is 1. The van der Waals surface area contributed by atoms with Crippen molar-refractivity contribution in [2.75, 3.05) is 0 Å². The van der Waals surface area contributed by atoms with Crippen LogP contribution >= 0.6 is 0 Å². The van der Waals surface area contributed by atoms with Gasteiger partial charge in [0.05, 0.1) is 5.52 Å². The molecule has 1 aromatic carbocycles. The second-order valence-corrected chi connectivity index (χ2v) is 6.46. The highest BCUT2D eigenvalue weighted by Gasteiger charge is 2.20.